The van der Waals surface area contributed by atoms with Crippen molar-refractivity contribution >= 4 is 16.0 Å². The van der Waals surface area contributed by atoms with Gasteiger partial charge in [-0.1, -0.05) is 0 Å². The van der Waals surface area contributed by atoms with E-state index < -0.39 is 27.1 Å². The quantitative estimate of drug-likeness (QED) is 0.833. The van der Waals surface area contributed by atoms with Crippen molar-refractivity contribution < 1.29 is 17.9 Å². The minimum atomic E-state index is -3.86. The molecule has 0 aliphatic carbocycles. The van der Waals surface area contributed by atoms with E-state index in [0.717, 1.165) is 0 Å². The lowest BCUT2D eigenvalue weighted by Gasteiger charge is -2.22. The first-order valence-electron chi connectivity index (χ1n) is 6.66. The van der Waals surface area contributed by atoms with Gasteiger partial charge in [-0.05, 0) is 34.6 Å². The van der Waals surface area contributed by atoms with Gasteiger partial charge >= 0.3 is 5.97 Å². The van der Waals surface area contributed by atoms with E-state index in [4.69, 9.17) is 4.74 Å². The zero-order valence-corrected chi connectivity index (χ0v) is 14.0. The lowest BCUT2D eigenvalue weighted by molar-refractivity contribution is -0.149. The Morgan fingerprint density at radius 3 is 2.24 bits per heavy atom. The highest BCUT2D eigenvalue weighted by atomic mass is 32.2. The van der Waals surface area contributed by atoms with Crippen molar-refractivity contribution in [3.63, 3.8) is 0 Å². The highest BCUT2D eigenvalue weighted by Crippen LogP contribution is 2.35. The summed E-state index contributed by atoms with van der Waals surface area (Å²) in [5, 5.41) is 4.10. The number of rotatable bonds is 3. The molecule has 118 valence electrons. The Labute approximate surface area is 124 Å². The Morgan fingerprint density at radius 1 is 1.29 bits per heavy atom. The van der Waals surface area contributed by atoms with Crippen LogP contribution in [0.2, 0.25) is 0 Å². The highest BCUT2D eigenvalue weighted by Gasteiger charge is 2.52. The second-order valence-corrected chi connectivity index (χ2v) is 8.01. The third-order valence-electron chi connectivity index (χ3n) is 3.67. The van der Waals surface area contributed by atoms with E-state index >= 15 is 0 Å². The molecule has 0 saturated carbocycles. The molecule has 1 aromatic heterocycles. The number of cyclic esters (lactones) is 1. The van der Waals surface area contributed by atoms with Crippen LogP contribution in [0.3, 0.4) is 0 Å². The number of esters is 1. The molecule has 0 amide bonds. The molecule has 1 atom stereocenters. The second kappa shape index (κ2) is 4.54. The molecule has 1 fully saturated rings. The molecule has 7 nitrogen and oxygen atoms in total. The molecule has 2 rings (SSSR count). The second-order valence-electron chi connectivity index (χ2n) is 6.39. The van der Waals surface area contributed by atoms with E-state index in [9.17, 15) is 13.2 Å². The summed E-state index contributed by atoms with van der Waals surface area (Å²) in [5.41, 5.74) is -1.03. The number of aryl methyl sites for hydroxylation is 2. The number of carbonyl (C=O) groups excluding carboxylic acids is 1. The smallest absolute Gasteiger partial charge is 0.327 e. The van der Waals surface area contributed by atoms with Crippen LogP contribution in [-0.2, 0) is 26.6 Å². The Bertz CT molecular complexity index is 705. The number of ether oxygens (including phenoxy) is 1. The van der Waals surface area contributed by atoms with Crippen LogP contribution in [0.15, 0.2) is 4.90 Å². The van der Waals surface area contributed by atoms with Gasteiger partial charge in [0.2, 0.25) is 10.0 Å². The van der Waals surface area contributed by atoms with Crippen molar-refractivity contribution in [2.24, 2.45) is 7.05 Å². The largest absolute Gasteiger partial charge is 0.458 e. The molecule has 1 aliphatic rings. The number of hydrogen-bond donors (Lipinski definition) is 1. The maximum absolute atomic E-state index is 12.6. The number of hydrogen-bond acceptors (Lipinski definition) is 5. The highest BCUT2D eigenvalue weighted by molar-refractivity contribution is 7.89. The fraction of sp³-hybridized carbons (Fsp3) is 0.692. The van der Waals surface area contributed by atoms with Crippen LogP contribution in [-0.4, -0.2) is 35.3 Å². The summed E-state index contributed by atoms with van der Waals surface area (Å²) in [5.74, 6) is -0.560. The molecule has 0 radical (unpaired) electrons. The van der Waals surface area contributed by atoms with Crippen LogP contribution >= 0.6 is 0 Å². The molecule has 0 spiro atoms. The zero-order chi connectivity index (χ0) is 16.2. The molecule has 1 saturated heterocycles. The number of nitrogens with zero attached hydrogens (tertiary/aromatic N) is 2. The van der Waals surface area contributed by atoms with E-state index in [2.05, 4.69) is 9.82 Å². The third-order valence-corrected chi connectivity index (χ3v) is 5.52. The summed E-state index contributed by atoms with van der Waals surface area (Å²) in [6, 6.07) is 0. The summed E-state index contributed by atoms with van der Waals surface area (Å²) in [6.45, 7) is 8.35. The van der Waals surface area contributed by atoms with Crippen molar-refractivity contribution in [2.45, 2.75) is 57.1 Å². The predicted octanol–water partition coefficient (Wildman–Crippen LogP) is 0.799. The summed E-state index contributed by atoms with van der Waals surface area (Å²) in [6.07, 6.45) is 0.274. The number of nitrogens with one attached hydrogen (secondary N) is 1. The predicted molar refractivity (Wildman–Crippen MR) is 76.2 cm³/mol. The fourth-order valence-corrected chi connectivity index (χ4v) is 4.69. The molecule has 0 unspecified atom stereocenters. The Morgan fingerprint density at radius 2 is 1.86 bits per heavy atom. The summed E-state index contributed by atoms with van der Waals surface area (Å²) in [4.78, 5) is 12.1. The van der Waals surface area contributed by atoms with Gasteiger partial charge in [-0.25, -0.2) is 8.42 Å². The number of aromatic nitrogens is 2. The van der Waals surface area contributed by atoms with Gasteiger partial charge in [0.25, 0.3) is 0 Å². The van der Waals surface area contributed by atoms with Crippen LogP contribution in [0.1, 0.15) is 38.6 Å². The van der Waals surface area contributed by atoms with Gasteiger partial charge in [0.1, 0.15) is 16.0 Å². The molecule has 1 aromatic rings. The Kier molecular flexibility index (Phi) is 3.45. The van der Waals surface area contributed by atoms with Crippen LogP contribution in [0.25, 0.3) is 0 Å². The average Bonchev–Trinajstić information content (AvgIpc) is 2.60. The van der Waals surface area contributed by atoms with Gasteiger partial charge in [0.05, 0.1) is 11.4 Å². The Hall–Kier alpha value is -1.41. The third kappa shape index (κ3) is 2.69. The summed E-state index contributed by atoms with van der Waals surface area (Å²) >= 11 is 0. The van der Waals surface area contributed by atoms with Crippen molar-refractivity contribution in [1.29, 1.82) is 0 Å². The number of sulfonamides is 1. The molecule has 1 aliphatic heterocycles. The van der Waals surface area contributed by atoms with Crippen LogP contribution < -0.4 is 4.72 Å². The van der Waals surface area contributed by atoms with Crippen molar-refractivity contribution in [1.82, 2.24) is 14.5 Å². The first kappa shape index (κ1) is 16.0. The van der Waals surface area contributed by atoms with Crippen LogP contribution in [0.4, 0.5) is 0 Å². The molecule has 21 heavy (non-hydrogen) atoms. The fourth-order valence-electron chi connectivity index (χ4n) is 2.89. The molecule has 1 N–H and O–H groups in total. The Balaban J connectivity index is 2.41. The molecule has 0 bridgehead atoms. The minimum absolute atomic E-state index is 0.115. The summed E-state index contributed by atoms with van der Waals surface area (Å²) < 4.78 is 34.5. The maximum Gasteiger partial charge on any atom is 0.327 e. The zero-order valence-electron chi connectivity index (χ0n) is 13.1. The lowest BCUT2D eigenvalue weighted by Crippen LogP contribution is -2.49. The van der Waals surface area contributed by atoms with Crippen molar-refractivity contribution in [3.05, 3.63) is 11.4 Å². The normalized spacial score (nSPS) is 25.1. The van der Waals surface area contributed by atoms with E-state index in [1.54, 1.807) is 41.7 Å². The van der Waals surface area contributed by atoms with Crippen molar-refractivity contribution in [2.75, 3.05) is 0 Å². The van der Waals surface area contributed by atoms with Gasteiger partial charge in [-0.3, -0.25) is 9.48 Å². The molecule has 2 heterocycles. The van der Waals surface area contributed by atoms with Gasteiger partial charge in [0.15, 0.2) is 0 Å². The van der Waals surface area contributed by atoms with E-state index in [-0.39, 0.29) is 11.3 Å². The van der Waals surface area contributed by atoms with E-state index in [0.29, 0.717) is 11.4 Å². The first-order chi connectivity index (χ1) is 9.38. The molecular formula is C13H21N3O4S. The summed E-state index contributed by atoms with van der Waals surface area (Å²) in [7, 11) is -2.18. The lowest BCUT2D eigenvalue weighted by atomic mass is 9.93. The number of carbonyl (C=O) groups is 1. The van der Waals surface area contributed by atoms with E-state index in [1.165, 1.54) is 4.68 Å². The SMILES string of the molecule is Cc1nn(C)c(C)c1S(=O)(=O)N[C@]1(C)CC(C)(C)OC1=O. The standard InChI is InChI=1S/C13H21N3O4S/c1-8-10(9(2)16(6)14-8)21(18,19)15-13(5)7-12(3,4)20-11(13)17/h15H,7H2,1-6H3/t13-/m1/s1. The monoisotopic (exact) mass is 315 g/mol. The average molecular weight is 315 g/mol. The molecule has 8 heteroatoms. The van der Waals surface area contributed by atoms with Gasteiger partial charge in [-0.2, -0.15) is 9.82 Å². The van der Waals surface area contributed by atoms with Gasteiger partial charge < -0.3 is 4.74 Å². The topological polar surface area (TPSA) is 90.3 Å². The van der Waals surface area contributed by atoms with Crippen LogP contribution in [0, 0.1) is 13.8 Å². The minimum Gasteiger partial charge on any atom is -0.458 e. The molecule has 0 aromatic carbocycles. The van der Waals surface area contributed by atoms with Gasteiger partial charge in [-0.15, -0.1) is 0 Å². The first-order valence-corrected chi connectivity index (χ1v) is 8.14. The maximum atomic E-state index is 12.6. The van der Waals surface area contributed by atoms with Crippen molar-refractivity contribution in [3.8, 4) is 0 Å². The van der Waals surface area contributed by atoms with E-state index in [1.807, 2.05) is 0 Å². The molecular weight excluding hydrogens is 294 g/mol. The van der Waals surface area contributed by atoms with Crippen LogP contribution in [0.5, 0.6) is 0 Å². The van der Waals surface area contributed by atoms with Gasteiger partial charge in [0, 0.05) is 13.5 Å².